The van der Waals surface area contributed by atoms with E-state index in [1.807, 2.05) is 17.5 Å². The van der Waals surface area contributed by atoms with E-state index >= 15 is 0 Å². The first kappa shape index (κ1) is 18.6. The first-order valence-electron chi connectivity index (χ1n) is 7.79. The van der Waals surface area contributed by atoms with Crippen molar-refractivity contribution in [2.75, 3.05) is 6.54 Å². The minimum atomic E-state index is -3.58. The van der Waals surface area contributed by atoms with Crippen molar-refractivity contribution in [1.29, 1.82) is 0 Å². The molecule has 7 heteroatoms. The molecule has 1 amide bonds. The van der Waals surface area contributed by atoms with Crippen LogP contribution in [0.25, 0.3) is 0 Å². The molecule has 1 heterocycles. The fraction of sp³-hybridized carbons (Fsp3) is 0.353. The summed E-state index contributed by atoms with van der Waals surface area (Å²) in [6.07, 6.45) is 0.908. The highest BCUT2D eigenvalue weighted by molar-refractivity contribution is 7.89. The average Bonchev–Trinajstić information content (AvgIpc) is 3.06. The Morgan fingerprint density at radius 3 is 2.46 bits per heavy atom. The molecule has 0 aliphatic rings. The van der Waals surface area contributed by atoms with Crippen molar-refractivity contribution in [3.63, 3.8) is 0 Å². The lowest BCUT2D eigenvalue weighted by Crippen LogP contribution is -2.26. The number of nitrogens with one attached hydrogen (secondary N) is 2. The van der Waals surface area contributed by atoms with E-state index in [1.54, 1.807) is 0 Å². The number of amides is 1. The van der Waals surface area contributed by atoms with Crippen molar-refractivity contribution in [3.05, 3.63) is 52.2 Å². The zero-order valence-corrected chi connectivity index (χ0v) is 15.4. The molecule has 24 heavy (non-hydrogen) atoms. The van der Waals surface area contributed by atoms with E-state index in [1.165, 1.54) is 35.6 Å². The lowest BCUT2D eigenvalue weighted by atomic mass is 10.1. The Kier molecular flexibility index (Phi) is 6.53. The number of hydrogen-bond donors (Lipinski definition) is 2. The molecule has 130 valence electrons. The van der Waals surface area contributed by atoms with Gasteiger partial charge in [0.15, 0.2) is 0 Å². The van der Waals surface area contributed by atoms with Crippen molar-refractivity contribution in [2.45, 2.75) is 31.7 Å². The maximum atomic E-state index is 12.2. The van der Waals surface area contributed by atoms with Crippen LogP contribution in [0, 0.1) is 5.92 Å². The number of rotatable bonds is 8. The van der Waals surface area contributed by atoms with Gasteiger partial charge >= 0.3 is 0 Å². The summed E-state index contributed by atoms with van der Waals surface area (Å²) in [7, 11) is -3.58. The van der Waals surface area contributed by atoms with E-state index in [4.69, 9.17) is 0 Å². The maximum absolute atomic E-state index is 12.2. The summed E-state index contributed by atoms with van der Waals surface area (Å²) in [5, 5.41) is 4.73. The van der Waals surface area contributed by atoms with Gasteiger partial charge in [0.25, 0.3) is 5.91 Å². The van der Waals surface area contributed by atoms with Crippen LogP contribution in [0.2, 0.25) is 0 Å². The highest BCUT2D eigenvalue weighted by Crippen LogP contribution is 2.13. The van der Waals surface area contributed by atoms with Crippen molar-refractivity contribution in [2.24, 2.45) is 5.92 Å². The molecule has 0 aliphatic heterocycles. The summed E-state index contributed by atoms with van der Waals surface area (Å²) < 4.78 is 27.1. The molecular formula is C17H22N2O3S2. The van der Waals surface area contributed by atoms with Crippen LogP contribution in [0.3, 0.4) is 0 Å². The van der Waals surface area contributed by atoms with Crippen LogP contribution in [0.4, 0.5) is 0 Å². The lowest BCUT2D eigenvalue weighted by Gasteiger charge is -2.09. The first-order valence-corrected chi connectivity index (χ1v) is 10.1. The Morgan fingerprint density at radius 2 is 1.88 bits per heavy atom. The zero-order chi connectivity index (χ0) is 17.6. The molecule has 0 spiro atoms. The predicted octanol–water partition coefficient (Wildman–Crippen LogP) is 3.00. The molecule has 0 saturated heterocycles. The summed E-state index contributed by atoms with van der Waals surface area (Å²) in [4.78, 5) is 13.1. The summed E-state index contributed by atoms with van der Waals surface area (Å²) in [6.45, 7) is 5.06. The van der Waals surface area contributed by atoms with E-state index in [0.717, 1.165) is 11.3 Å². The fourth-order valence-corrected chi connectivity index (χ4v) is 3.77. The molecule has 0 atom stereocenters. The van der Waals surface area contributed by atoms with Gasteiger partial charge in [0.1, 0.15) is 0 Å². The van der Waals surface area contributed by atoms with Gasteiger partial charge in [-0.15, -0.1) is 11.3 Å². The molecule has 1 aromatic carbocycles. The van der Waals surface area contributed by atoms with E-state index in [2.05, 4.69) is 23.9 Å². The second kappa shape index (κ2) is 8.41. The second-order valence-corrected chi connectivity index (χ2v) is 8.67. The van der Waals surface area contributed by atoms with E-state index in [0.29, 0.717) is 18.0 Å². The zero-order valence-electron chi connectivity index (χ0n) is 13.8. The van der Waals surface area contributed by atoms with E-state index < -0.39 is 10.0 Å². The van der Waals surface area contributed by atoms with Crippen LogP contribution in [0.5, 0.6) is 0 Å². The number of carbonyl (C=O) groups excluding carboxylic acids is 1. The third-order valence-corrected chi connectivity index (χ3v) is 5.74. The normalized spacial score (nSPS) is 11.6. The summed E-state index contributed by atoms with van der Waals surface area (Å²) in [6, 6.07) is 9.72. The number of hydrogen-bond acceptors (Lipinski definition) is 4. The van der Waals surface area contributed by atoms with Crippen LogP contribution < -0.4 is 10.0 Å². The van der Waals surface area contributed by atoms with Gasteiger partial charge in [-0.05, 0) is 48.1 Å². The van der Waals surface area contributed by atoms with E-state index in [9.17, 15) is 13.2 Å². The van der Waals surface area contributed by atoms with Crippen molar-refractivity contribution in [1.82, 2.24) is 10.0 Å². The smallest absolute Gasteiger partial charge is 0.251 e. The minimum Gasteiger partial charge on any atom is -0.352 e. The van der Waals surface area contributed by atoms with Crippen LogP contribution in [-0.2, 0) is 16.6 Å². The second-order valence-electron chi connectivity index (χ2n) is 5.87. The summed E-state index contributed by atoms with van der Waals surface area (Å²) in [5.74, 6) is 0.332. The topological polar surface area (TPSA) is 75.3 Å². The van der Waals surface area contributed by atoms with Gasteiger partial charge in [-0.2, -0.15) is 0 Å². The largest absolute Gasteiger partial charge is 0.352 e. The van der Waals surface area contributed by atoms with Gasteiger partial charge in [-0.25, -0.2) is 13.1 Å². The molecule has 0 unspecified atom stereocenters. The molecule has 2 N–H and O–H groups in total. The molecule has 2 aromatic rings. The van der Waals surface area contributed by atoms with Gasteiger partial charge in [0.2, 0.25) is 10.0 Å². The average molecular weight is 367 g/mol. The van der Waals surface area contributed by atoms with Gasteiger partial charge in [-0.1, -0.05) is 19.9 Å². The molecular weight excluding hydrogens is 344 g/mol. The Morgan fingerprint density at radius 1 is 1.17 bits per heavy atom. The van der Waals surface area contributed by atoms with Crippen LogP contribution in [-0.4, -0.2) is 20.9 Å². The summed E-state index contributed by atoms with van der Waals surface area (Å²) in [5.41, 5.74) is 0.455. The van der Waals surface area contributed by atoms with Crippen LogP contribution in [0.15, 0.2) is 46.7 Å². The Bertz CT molecular complexity index is 752. The number of sulfonamides is 1. The molecule has 5 nitrogen and oxygen atoms in total. The number of benzene rings is 1. The summed E-state index contributed by atoms with van der Waals surface area (Å²) >= 11 is 1.49. The monoisotopic (exact) mass is 366 g/mol. The predicted molar refractivity (Wildman–Crippen MR) is 96.6 cm³/mol. The third-order valence-electron chi connectivity index (χ3n) is 3.45. The van der Waals surface area contributed by atoms with Crippen LogP contribution >= 0.6 is 11.3 Å². The molecule has 0 fully saturated rings. The highest BCUT2D eigenvalue weighted by atomic mass is 32.2. The molecule has 0 bridgehead atoms. The maximum Gasteiger partial charge on any atom is 0.251 e. The molecule has 0 radical (unpaired) electrons. The van der Waals surface area contributed by atoms with E-state index in [-0.39, 0.29) is 17.3 Å². The van der Waals surface area contributed by atoms with Crippen molar-refractivity contribution in [3.8, 4) is 0 Å². The fourth-order valence-electron chi connectivity index (χ4n) is 2.02. The van der Waals surface area contributed by atoms with Crippen LogP contribution in [0.1, 0.15) is 35.5 Å². The van der Waals surface area contributed by atoms with Gasteiger partial charge in [0.05, 0.1) is 4.90 Å². The van der Waals surface area contributed by atoms with Gasteiger partial charge < -0.3 is 5.32 Å². The van der Waals surface area contributed by atoms with Crippen molar-refractivity contribution < 1.29 is 13.2 Å². The molecule has 1 aromatic heterocycles. The highest BCUT2D eigenvalue weighted by Gasteiger charge is 2.15. The van der Waals surface area contributed by atoms with Crippen molar-refractivity contribution >= 4 is 27.3 Å². The SMILES string of the molecule is CC(C)CCNC(=O)c1ccc(S(=O)(=O)NCc2cccs2)cc1. The Labute approximate surface area is 147 Å². The lowest BCUT2D eigenvalue weighted by molar-refractivity contribution is 0.0952. The quantitative estimate of drug-likeness (QED) is 0.754. The van der Waals surface area contributed by atoms with Gasteiger partial charge in [-0.3, -0.25) is 4.79 Å². The minimum absolute atomic E-state index is 0.151. The number of carbonyl (C=O) groups is 1. The molecule has 0 aliphatic carbocycles. The standard InChI is InChI=1S/C17H22N2O3S2/c1-13(2)9-10-18-17(20)14-5-7-16(8-6-14)24(21,22)19-12-15-4-3-11-23-15/h3-8,11,13,19H,9-10,12H2,1-2H3,(H,18,20). The number of thiophene rings is 1. The third kappa shape index (κ3) is 5.43. The first-order chi connectivity index (χ1) is 11.4. The van der Waals surface area contributed by atoms with Gasteiger partial charge in [0, 0.05) is 23.5 Å². The molecule has 0 saturated carbocycles. The Hall–Kier alpha value is -1.70. The Balaban J connectivity index is 1.96. The molecule has 2 rings (SSSR count).